The van der Waals surface area contributed by atoms with E-state index in [4.69, 9.17) is 16.6 Å². The fourth-order valence-electron chi connectivity index (χ4n) is 2.72. The van der Waals surface area contributed by atoms with Crippen molar-refractivity contribution < 1.29 is 34.5 Å². The number of carbonyl (C=O) groups excluding carboxylic acids is 3. The van der Waals surface area contributed by atoms with Gasteiger partial charge in [-0.25, -0.2) is 4.79 Å². The Morgan fingerprint density at radius 2 is 1.62 bits per heavy atom. The first kappa shape index (κ1) is 26.8. The van der Waals surface area contributed by atoms with E-state index in [1.165, 1.54) is 12.1 Å². The highest BCUT2D eigenvalue weighted by Crippen LogP contribution is 2.11. The van der Waals surface area contributed by atoms with Crippen LogP contribution in [0, 0.1) is 0 Å². The Morgan fingerprint density at radius 1 is 0.969 bits per heavy atom. The molecule has 0 aromatic heterocycles. The van der Waals surface area contributed by atoms with Gasteiger partial charge in [-0.3, -0.25) is 14.4 Å². The minimum atomic E-state index is -1.24. The number of nitrogens with two attached hydrogens (primary N) is 2. The molecule has 3 atom stereocenters. The van der Waals surface area contributed by atoms with E-state index in [-0.39, 0.29) is 18.6 Å². The van der Waals surface area contributed by atoms with Crippen LogP contribution in [-0.4, -0.2) is 76.8 Å². The van der Waals surface area contributed by atoms with Gasteiger partial charge in [0.05, 0.1) is 13.2 Å². The molecule has 10 N–H and O–H groups in total. The van der Waals surface area contributed by atoms with Crippen molar-refractivity contribution >= 4 is 23.7 Å². The van der Waals surface area contributed by atoms with E-state index in [0.29, 0.717) is 24.9 Å². The summed E-state index contributed by atoms with van der Waals surface area (Å²) in [6.07, 6.45) is 1.36. The first-order valence-electron chi connectivity index (χ1n) is 10.1. The number of phenolic OH excluding ortho intramolecular Hbond substituents is 1. The molecule has 0 saturated carbocycles. The van der Waals surface area contributed by atoms with E-state index in [0.717, 1.165) is 0 Å². The summed E-state index contributed by atoms with van der Waals surface area (Å²) in [5.41, 5.74) is 11.5. The smallest absolute Gasteiger partial charge is 0.326 e. The Labute approximate surface area is 185 Å². The summed E-state index contributed by atoms with van der Waals surface area (Å²) in [5, 5.41) is 34.7. The lowest BCUT2D eigenvalue weighted by Gasteiger charge is -2.21. The molecule has 1 rings (SSSR count). The highest BCUT2D eigenvalue weighted by atomic mass is 16.4. The molecule has 0 aliphatic rings. The summed E-state index contributed by atoms with van der Waals surface area (Å²) in [6.45, 7) is -0.722. The highest BCUT2D eigenvalue weighted by Gasteiger charge is 2.25. The topological polar surface area (TPSA) is 217 Å². The van der Waals surface area contributed by atoms with Gasteiger partial charge in [-0.15, -0.1) is 0 Å². The van der Waals surface area contributed by atoms with Crippen LogP contribution >= 0.6 is 0 Å². The Kier molecular flexibility index (Phi) is 11.7. The second-order valence-electron chi connectivity index (χ2n) is 7.18. The molecule has 1 aromatic rings. The Morgan fingerprint density at radius 3 is 2.19 bits per heavy atom. The number of benzene rings is 1. The number of carboxylic acid groups (broad SMARTS) is 1. The van der Waals surface area contributed by atoms with Gasteiger partial charge in [0.15, 0.2) is 0 Å². The molecule has 178 valence electrons. The maximum absolute atomic E-state index is 12.6. The number of carbonyl (C=O) groups is 4. The summed E-state index contributed by atoms with van der Waals surface area (Å²) in [5.74, 6) is -3.35. The van der Waals surface area contributed by atoms with Gasteiger partial charge < -0.3 is 42.7 Å². The minimum absolute atomic E-state index is 0.0223. The fourth-order valence-corrected chi connectivity index (χ4v) is 2.72. The average molecular weight is 453 g/mol. The maximum atomic E-state index is 12.6. The number of aromatic hydroxyl groups is 1. The van der Waals surface area contributed by atoms with E-state index in [9.17, 15) is 29.4 Å². The predicted octanol–water partition coefficient (Wildman–Crippen LogP) is -2.45. The zero-order valence-corrected chi connectivity index (χ0v) is 17.6. The third-order valence-electron chi connectivity index (χ3n) is 4.55. The summed E-state index contributed by atoms with van der Waals surface area (Å²) < 4.78 is 0. The molecule has 0 fully saturated rings. The first-order chi connectivity index (χ1) is 15.2. The van der Waals surface area contributed by atoms with Crippen molar-refractivity contribution in [3.8, 4) is 5.75 Å². The number of aliphatic hydroxyl groups excluding tert-OH is 1. The molecule has 32 heavy (non-hydrogen) atoms. The lowest BCUT2D eigenvalue weighted by molar-refractivity contribution is -0.142. The van der Waals surface area contributed by atoms with Gasteiger partial charge >= 0.3 is 5.97 Å². The number of nitrogens with one attached hydrogen (secondary N) is 3. The number of carboxylic acids is 1. The van der Waals surface area contributed by atoms with Crippen LogP contribution < -0.4 is 27.4 Å². The molecule has 3 amide bonds. The fraction of sp³-hybridized carbons (Fsp3) is 0.500. The van der Waals surface area contributed by atoms with E-state index < -0.39 is 55.0 Å². The molecule has 1 aromatic carbocycles. The van der Waals surface area contributed by atoms with Crippen LogP contribution in [0.25, 0.3) is 0 Å². The minimum Gasteiger partial charge on any atom is -0.508 e. The SMILES string of the molecule is NCCCCC(NC(=O)CNC(=O)C(Cc1ccc(O)cc1)NC(=O)C(N)CO)C(=O)O. The summed E-state index contributed by atoms with van der Waals surface area (Å²) >= 11 is 0. The molecule has 0 saturated heterocycles. The molecule has 0 radical (unpaired) electrons. The van der Waals surface area contributed by atoms with Crippen molar-refractivity contribution in [3.05, 3.63) is 29.8 Å². The van der Waals surface area contributed by atoms with Gasteiger partial charge in [0.25, 0.3) is 0 Å². The molecule has 0 aliphatic carbocycles. The number of aliphatic carboxylic acids is 1. The number of hydrogen-bond donors (Lipinski definition) is 8. The maximum Gasteiger partial charge on any atom is 0.326 e. The Hall–Kier alpha value is -3.22. The van der Waals surface area contributed by atoms with Gasteiger partial charge in [-0.05, 0) is 43.5 Å². The Balaban J connectivity index is 2.74. The second-order valence-corrected chi connectivity index (χ2v) is 7.18. The largest absolute Gasteiger partial charge is 0.508 e. The van der Waals surface area contributed by atoms with Crippen molar-refractivity contribution in [3.63, 3.8) is 0 Å². The molecule has 0 aliphatic heterocycles. The van der Waals surface area contributed by atoms with Gasteiger partial charge in [-0.1, -0.05) is 12.1 Å². The van der Waals surface area contributed by atoms with Crippen molar-refractivity contribution in [2.45, 2.75) is 43.8 Å². The number of amides is 3. The number of phenols is 1. The van der Waals surface area contributed by atoms with Crippen molar-refractivity contribution in [2.75, 3.05) is 19.7 Å². The quantitative estimate of drug-likeness (QED) is 0.140. The highest BCUT2D eigenvalue weighted by molar-refractivity contribution is 5.92. The zero-order chi connectivity index (χ0) is 24.1. The van der Waals surface area contributed by atoms with Crippen molar-refractivity contribution in [1.29, 1.82) is 0 Å². The van der Waals surface area contributed by atoms with Gasteiger partial charge in [-0.2, -0.15) is 0 Å². The lowest BCUT2D eigenvalue weighted by Crippen LogP contribution is -2.54. The molecule has 3 unspecified atom stereocenters. The molecule has 12 nitrogen and oxygen atoms in total. The van der Waals surface area contributed by atoms with Gasteiger partial charge in [0.1, 0.15) is 23.9 Å². The molecule has 0 spiro atoms. The third kappa shape index (κ3) is 9.73. The Bertz CT molecular complexity index is 772. The lowest BCUT2D eigenvalue weighted by atomic mass is 10.0. The van der Waals surface area contributed by atoms with Gasteiger partial charge in [0.2, 0.25) is 17.7 Å². The van der Waals surface area contributed by atoms with Crippen LogP contribution in [0.4, 0.5) is 0 Å². The number of hydrogen-bond acceptors (Lipinski definition) is 8. The second kappa shape index (κ2) is 14.0. The van der Waals surface area contributed by atoms with E-state index in [2.05, 4.69) is 16.0 Å². The summed E-state index contributed by atoms with van der Waals surface area (Å²) in [7, 11) is 0. The molecule has 12 heteroatoms. The van der Waals surface area contributed by atoms with E-state index in [1.54, 1.807) is 12.1 Å². The molecular formula is C20H31N5O7. The molecule has 0 heterocycles. The van der Waals surface area contributed by atoms with Crippen LogP contribution in [0.2, 0.25) is 0 Å². The van der Waals surface area contributed by atoms with Crippen molar-refractivity contribution in [1.82, 2.24) is 16.0 Å². The third-order valence-corrected chi connectivity index (χ3v) is 4.55. The van der Waals surface area contributed by atoms with Crippen LogP contribution in [0.5, 0.6) is 5.75 Å². The van der Waals surface area contributed by atoms with Gasteiger partial charge in [0, 0.05) is 6.42 Å². The first-order valence-corrected chi connectivity index (χ1v) is 10.1. The molecular weight excluding hydrogens is 422 g/mol. The average Bonchev–Trinajstić information content (AvgIpc) is 2.77. The normalized spacial score (nSPS) is 13.5. The summed E-state index contributed by atoms with van der Waals surface area (Å²) in [6, 6.07) is 2.46. The predicted molar refractivity (Wildman–Crippen MR) is 114 cm³/mol. The van der Waals surface area contributed by atoms with Crippen molar-refractivity contribution in [2.24, 2.45) is 11.5 Å². The number of rotatable bonds is 14. The monoisotopic (exact) mass is 453 g/mol. The molecule has 0 bridgehead atoms. The zero-order valence-electron chi connectivity index (χ0n) is 17.6. The van der Waals surface area contributed by atoms with E-state index in [1.807, 2.05) is 0 Å². The van der Waals surface area contributed by atoms with Crippen LogP contribution in [-0.2, 0) is 25.6 Å². The van der Waals surface area contributed by atoms with Crippen LogP contribution in [0.3, 0.4) is 0 Å². The number of unbranched alkanes of at least 4 members (excludes halogenated alkanes) is 1. The van der Waals surface area contributed by atoms with Crippen LogP contribution in [0.1, 0.15) is 24.8 Å². The van der Waals surface area contributed by atoms with Crippen LogP contribution in [0.15, 0.2) is 24.3 Å². The van der Waals surface area contributed by atoms with E-state index >= 15 is 0 Å². The summed E-state index contributed by atoms with van der Waals surface area (Å²) in [4.78, 5) is 48.0. The number of aliphatic hydroxyl groups is 1. The standard InChI is InChI=1S/C20H31N5O7/c21-8-2-1-3-15(20(31)32)24-17(28)10-23-19(30)16(25-18(29)14(22)11-26)9-12-4-6-13(27)7-5-12/h4-7,14-16,26-27H,1-3,8-11,21-22H2,(H,23,30)(H,24,28)(H,25,29)(H,31,32).